The standard InChI is InChI=1S/C14H23N3O/c1-3-13-11-17(8-9-18-13)14-12(10-15-4-2)6-5-7-16-14/h5-7,13,15H,3-4,8-11H2,1-2H3. The van der Waals surface area contributed by atoms with Crippen LogP contribution in [0.3, 0.4) is 0 Å². The van der Waals surface area contributed by atoms with Crippen LogP contribution in [0.1, 0.15) is 25.8 Å². The molecule has 0 amide bonds. The van der Waals surface area contributed by atoms with Crippen molar-refractivity contribution in [1.82, 2.24) is 10.3 Å². The number of morpholine rings is 1. The van der Waals surface area contributed by atoms with Crippen LogP contribution in [-0.2, 0) is 11.3 Å². The summed E-state index contributed by atoms with van der Waals surface area (Å²) in [6.45, 7) is 8.85. The lowest BCUT2D eigenvalue weighted by Gasteiger charge is -2.34. The SMILES string of the molecule is CCNCc1cccnc1N1CCOC(CC)C1. The molecule has 1 aliphatic rings. The van der Waals surface area contributed by atoms with Crippen LogP contribution in [0.2, 0.25) is 0 Å². The van der Waals surface area contributed by atoms with Crippen LogP contribution in [0.25, 0.3) is 0 Å². The monoisotopic (exact) mass is 249 g/mol. The van der Waals surface area contributed by atoms with Gasteiger partial charge in [-0.15, -0.1) is 0 Å². The van der Waals surface area contributed by atoms with Crippen molar-refractivity contribution in [2.45, 2.75) is 32.9 Å². The summed E-state index contributed by atoms with van der Waals surface area (Å²) >= 11 is 0. The van der Waals surface area contributed by atoms with E-state index in [1.165, 1.54) is 5.56 Å². The van der Waals surface area contributed by atoms with Crippen molar-refractivity contribution >= 4 is 5.82 Å². The summed E-state index contributed by atoms with van der Waals surface area (Å²) in [5.74, 6) is 1.11. The van der Waals surface area contributed by atoms with E-state index in [0.717, 1.165) is 45.0 Å². The number of pyridine rings is 1. The van der Waals surface area contributed by atoms with Gasteiger partial charge in [-0.1, -0.05) is 19.9 Å². The van der Waals surface area contributed by atoms with Gasteiger partial charge in [-0.2, -0.15) is 0 Å². The lowest BCUT2D eigenvalue weighted by molar-refractivity contribution is 0.0381. The summed E-state index contributed by atoms with van der Waals surface area (Å²) in [6.07, 6.45) is 3.28. The number of nitrogens with one attached hydrogen (secondary N) is 1. The Morgan fingerprint density at radius 2 is 2.39 bits per heavy atom. The van der Waals surface area contributed by atoms with Gasteiger partial charge in [-0.25, -0.2) is 4.98 Å². The fraction of sp³-hybridized carbons (Fsp3) is 0.643. The maximum absolute atomic E-state index is 5.71. The van der Waals surface area contributed by atoms with E-state index in [1.807, 2.05) is 12.3 Å². The number of ether oxygens (including phenoxy) is 1. The van der Waals surface area contributed by atoms with Crippen LogP contribution in [0.4, 0.5) is 5.82 Å². The molecule has 1 N–H and O–H groups in total. The van der Waals surface area contributed by atoms with Crippen molar-refractivity contribution in [2.24, 2.45) is 0 Å². The van der Waals surface area contributed by atoms with Crippen molar-refractivity contribution in [3.05, 3.63) is 23.9 Å². The third-order valence-electron chi connectivity index (χ3n) is 3.33. The average Bonchev–Trinajstić information content (AvgIpc) is 2.45. The quantitative estimate of drug-likeness (QED) is 0.863. The Hall–Kier alpha value is -1.13. The second-order valence-electron chi connectivity index (χ2n) is 4.61. The van der Waals surface area contributed by atoms with Crippen LogP contribution in [0.5, 0.6) is 0 Å². The zero-order valence-corrected chi connectivity index (χ0v) is 11.4. The first kappa shape index (κ1) is 13.3. The summed E-state index contributed by atoms with van der Waals surface area (Å²) in [4.78, 5) is 6.91. The highest BCUT2D eigenvalue weighted by Crippen LogP contribution is 2.20. The maximum atomic E-state index is 5.71. The molecule has 0 bridgehead atoms. The summed E-state index contributed by atoms with van der Waals surface area (Å²) in [5, 5.41) is 3.37. The topological polar surface area (TPSA) is 37.4 Å². The summed E-state index contributed by atoms with van der Waals surface area (Å²) in [6, 6.07) is 4.16. The van der Waals surface area contributed by atoms with E-state index >= 15 is 0 Å². The molecule has 18 heavy (non-hydrogen) atoms. The minimum atomic E-state index is 0.341. The van der Waals surface area contributed by atoms with Crippen molar-refractivity contribution in [2.75, 3.05) is 31.1 Å². The van der Waals surface area contributed by atoms with Crippen LogP contribution < -0.4 is 10.2 Å². The fourth-order valence-electron chi connectivity index (χ4n) is 2.27. The summed E-state index contributed by atoms with van der Waals surface area (Å²) in [7, 11) is 0. The number of hydrogen-bond acceptors (Lipinski definition) is 4. The van der Waals surface area contributed by atoms with Gasteiger partial charge in [0, 0.05) is 31.4 Å². The van der Waals surface area contributed by atoms with Crippen LogP contribution in [0.15, 0.2) is 18.3 Å². The van der Waals surface area contributed by atoms with E-state index in [4.69, 9.17) is 4.74 Å². The lowest BCUT2D eigenvalue weighted by atomic mass is 10.2. The van der Waals surface area contributed by atoms with E-state index in [1.54, 1.807) is 0 Å². The third-order valence-corrected chi connectivity index (χ3v) is 3.33. The molecule has 1 aromatic heterocycles. The van der Waals surface area contributed by atoms with Gasteiger partial charge >= 0.3 is 0 Å². The highest BCUT2D eigenvalue weighted by molar-refractivity contribution is 5.47. The van der Waals surface area contributed by atoms with Crippen molar-refractivity contribution in [3.8, 4) is 0 Å². The van der Waals surface area contributed by atoms with E-state index in [-0.39, 0.29) is 0 Å². The molecule has 0 aromatic carbocycles. The Morgan fingerprint density at radius 1 is 1.50 bits per heavy atom. The first-order chi connectivity index (χ1) is 8.85. The van der Waals surface area contributed by atoms with E-state index in [2.05, 4.69) is 35.1 Å². The Labute approximate surface area is 109 Å². The van der Waals surface area contributed by atoms with Gasteiger partial charge in [0.05, 0.1) is 12.7 Å². The molecule has 0 radical (unpaired) electrons. The first-order valence-corrected chi connectivity index (χ1v) is 6.86. The van der Waals surface area contributed by atoms with Gasteiger partial charge in [0.2, 0.25) is 0 Å². The molecule has 4 heteroatoms. The van der Waals surface area contributed by atoms with Gasteiger partial charge in [-0.05, 0) is 19.0 Å². The Balaban J connectivity index is 2.11. The van der Waals surface area contributed by atoms with E-state index in [9.17, 15) is 0 Å². The van der Waals surface area contributed by atoms with Crippen molar-refractivity contribution in [3.63, 3.8) is 0 Å². The molecular weight excluding hydrogens is 226 g/mol. The van der Waals surface area contributed by atoms with Gasteiger partial charge in [0.1, 0.15) is 5.82 Å². The average molecular weight is 249 g/mol. The van der Waals surface area contributed by atoms with Gasteiger partial charge < -0.3 is 15.0 Å². The summed E-state index contributed by atoms with van der Waals surface area (Å²) < 4.78 is 5.71. The van der Waals surface area contributed by atoms with Gasteiger partial charge in [0.15, 0.2) is 0 Å². The molecule has 1 aliphatic heterocycles. The smallest absolute Gasteiger partial charge is 0.133 e. The highest BCUT2D eigenvalue weighted by Gasteiger charge is 2.21. The van der Waals surface area contributed by atoms with Crippen LogP contribution in [-0.4, -0.2) is 37.3 Å². The lowest BCUT2D eigenvalue weighted by Crippen LogP contribution is -2.43. The number of rotatable bonds is 5. The molecule has 1 fully saturated rings. The van der Waals surface area contributed by atoms with Crippen molar-refractivity contribution < 1.29 is 4.74 Å². The third kappa shape index (κ3) is 3.21. The highest BCUT2D eigenvalue weighted by atomic mass is 16.5. The molecule has 100 valence electrons. The molecule has 0 aliphatic carbocycles. The zero-order valence-electron chi connectivity index (χ0n) is 11.4. The minimum Gasteiger partial charge on any atom is -0.375 e. The fourth-order valence-corrected chi connectivity index (χ4v) is 2.27. The Morgan fingerprint density at radius 3 is 3.17 bits per heavy atom. The number of hydrogen-bond donors (Lipinski definition) is 1. The molecule has 0 spiro atoms. The molecule has 1 aromatic rings. The molecule has 4 nitrogen and oxygen atoms in total. The van der Waals surface area contributed by atoms with Gasteiger partial charge in [-0.3, -0.25) is 0 Å². The van der Waals surface area contributed by atoms with Gasteiger partial charge in [0.25, 0.3) is 0 Å². The van der Waals surface area contributed by atoms with E-state index < -0.39 is 0 Å². The minimum absolute atomic E-state index is 0.341. The number of aromatic nitrogens is 1. The Kier molecular flexibility index (Phi) is 4.96. The van der Waals surface area contributed by atoms with E-state index in [0.29, 0.717) is 6.10 Å². The Bertz CT molecular complexity index is 370. The molecule has 2 heterocycles. The second kappa shape index (κ2) is 6.71. The maximum Gasteiger partial charge on any atom is 0.133 e. The first-order valence-electron chi connectivity index (χ1n) is 6.86. The van der Waals surface area contributed by atoms with Crippen LogP contribution >= 0.6 is 0 Å². The van der Waals surface area contributed by atoms with Crippen LogP contribution in [0, 0.1) is 0 Å². The predicted molar refractivity (Wildman–Crippen MR) is 73.9 cm³/mol. The molecular formula is C14H23N3O. The number of nitrogens with zero attached hydrogens (tertiary/aromatic N) is 2. The molecule has 1 atom stereocenters. The zero-order chi connectivity index (χ0) is 12.8. The normalized spacial score (nSPS) is 20.1. The number of anilines is 1. The largest absolute Gasteiger partial charge is 0.375 e. The molecule has 0 saturated carbocycles. The molecule has 2 rings (SSSR count). The van der Waals surface area contributed by atoms with Crippen molar-refractivity contribution in [1.29, 1.82) is 0 Å². The predicted octanol–water partition coefficient (Wildman–Crippen LogP) is 1.81. The summed E-state index contributed by atoms with van der Waals surface area (Å²) in [5.41, 5.74) is 1.27. The molecule has 1 unspecified atom stereocenters. The second-order valence-corrected chi connectivity index (χ2v) is 4.61. The molecule has 1 saturated heterocycles.